The zero-order chi connectivity index (χ0) is 24.0. The van der Waals surface area contributed by atoms with Gasteiger partial charge in [0, 0.05) is 5.56 Å². The highest BCUT2D eigenvalue weighted by molar-refractivity contribution is 5.79. The van der Waals surface area contributed by atoms with Gasteiger partial charge in [0.1, 0.15) is 16.7 Å². The second-order valence-electron chi connectivity index (χ2n) is 11.2. The van der Waals surface area contributed by atoms with Crippen molar-refractivity contribution in [3.05, 3.63) is 71.8 Å². The van der Waals surface area contributed by atoms with Gasteiger partial charge in [-0.05, 0) is 64.1 Å². The van der Waals surface area contributed by atoms with Gasteiger partial charge in [0.25, 0.3) is 0 Å². The molecule has 172 valence electrons. The van der Waals surface area contributed by atoms with Gasteiger partial charge >= 0.3 is 0 Å². The van der Waals surface area contributed by atoms with Crippen LogP contribution in [0.5, 0.6) is 5.75 Å². The average molecular weight is 442 g/mol. The van der Waals surface area contributed by atoms with E-state index in [1.807, 2.05) is 30.3 Å². The summed E-state index contributed by atoms with van der Waals surface area (Å²) in [5.74, 6) is 0.541. The Morgan fingerprint density at radius 3 is 1.97 bits per heavy atom. The summed E-state index contributed by atoms with van der Waals surface area (Å²) in [6, 6.07) is 20.4. The Morgan fingerprint density at radius 2 is 1.39 bits per heavy atom. The molecule has 0 radical (unpaired) electrons. The van der Waals surface area contributed by atoms with Crippen molar-refractivity contribution in [3.8, 4) is 22.6 Å². The second kappa shape index (κ2) is 8.33. The number of phenols is 1. The molecule has 4 heteroatoms. The lowest BCUT2D eigenvalue weighted by Gasteiger charge is -2.34. The van der Waals surface area contributed by atoms with E-state index in [2.05, 4.69) is 89.0 Å². The van der Waals surface area contributed by atoms with Gasteiger partial charge in [0.05, 0.1) is 0 Å². The van der Waals surface area contributed by atoms with Crippen LogP contribution in [0.15, 0.2) is 60.7 Å². The lowest BCUT2D eigenvalue weighted by molar-refractivity contribution is 0.284. The molecule has 0 atom stereocenters. The molecule has 0 aliphatic carbocycles. The third-order valence-electron chi connectivity index (χ3n) is 6.22. The smallest absolute Gasteiger partial charge is 0.150 e. The van der Waals surface area contributed by atoms with Crippen molar-refractivity contribution >= 4 is 11.0 Å². The fourth-order valence-corrected chi connectivity index (χ4v) is 5.01. The molecule has 4 rings (SSSR count). The molecule has 0 unspecified atom stereocenters. The van der Waals surface area contributed by atoms with Crippen LogP contribution >= 0.6 is 0 Å². The fourth-order valence-electron chi connectivity index (χ4n) is 5.01. The maximum absolute atomic E-state index is 11.5. The zero-order valence-corrected chi connectivity index (χ0v) is 20.8. The van der Waals surface area contributed by atoms with Crippen LogP contribution in [0.3, 0.4) is 0 Å². The summed E-state index contributed by atoms with van der Waals surface area (Å²) in [6.45, 7) is 15.7. The van der Waals surface area contributed by atoms with Crippen molar-refractivity contribution in [1.29, 1.82) is 0 Å². The van der Waals surface area contributed by atoms with Gasteiger partial charge in [-0.3, -0.25) is 0 Å². The topological polar surface area (TPSA) is 50.9 Å². The molecule has 1 aromatic heterocycles. The summed E-state index contributed by atoms with van der Waals surface area (Å²) in [5.41, 5.74) is 6.54. The third kappa shape index (κ3) is 4.66. The van der Waals surface area contributed by atoms with E-state index >= 15 is 0 Å². The highest BCUT2D eigenvalue weighted by Crippen LogP contribution is 2.44. The first-order valence-electron chi connectivity index (χ1n) is 11.8. The number of benzene rings is 3. The highest BCUT2D eigenvalue weighted by Gasteiger charge is 2.30. The minimum Gasteiger partial charge on any atom is -0.505 e. The molecule has 1 heterocycles. The summed E-state index contributed by atoms with van der Waals surface area (Å²) >= 11 is 0. The van der Waals surface area contributed by atoms with Crippen molar-refractivity contribution < 1.29 is 5.11 Å². The Hall–Kier alpha value is -3.14. The summed E-state index contributed by atoms with van der Waals surface area (Å²) < 4.78 is 0. The number of hydrogen-bond acceptors (Lipinski definition) is 3. The van der Waals surface area contributed by atoms with Crippen molar-refractivity contribution in [2.24, 2.45) is 5.41 Å². The number of aromatic nitrogens is 3. The first-order valence-corrected chi connectivity index (χ1v) is 11.8. The van der Waals surface area contributed by atoms with Crippen LogP contribution in [0.4, 0.5) is 0 Å². The summed E-state index contributed by atoms with van der Waals surface area (Å²) in [5, 5.41) is 20.9. The van der Waals surface area contributed by atoms with Crippen molar-refractivity contribution in [1.82, 2.24) is 15.0 Å². The van der Waals surface area contributed by atoms with Gasteiger partial charge in [0.2, 0.25) is 0 Å². The third-order valence-corrected chi connectivity index (χ3v) is 6.22. The van der Waals surface area contributed by atoms with Crippen molar-refractivity contribution in [2.75, 3.05) is 0 Å². The number of fused-ring (bicyclic) bond motifs is 1. The normalized spacial score (nSPS) is 12.6. The largest absolute Gasteiger partial charge is 0.505 e. The molecule has 0 bridgehead atoms. The van der Waals surface area contributed by atoms with Crippen LogP contribution in [0.1, 0.15) is 71.9 Å². The molecule has 0 fully saturated rings. The minimum absolute atomic E-state index is 0.102. The molecule has 0 saturated heterocycles. The molecule has 0 saturated carbocycles. The minimum atomic E-state index is -0.102. The van der Waals surface area contributed by atoms with E-state index in [-0.39, 0.29) is 16.6 Å². The van der Waals surface area contributed by atoms with E-state index < -0.39 is 0 Å². The highest BCUT2D eigenvalue weighted by atomic mass is 16.3. The van der Waals surface area contributed by atoms with Crippen LogP contribution in [0.2, 0.25) is 0 Å². The number of aromatic hydroxyl groups is 1. The monoisotopic (exact) mass is 441 g/mol. The first-order chi connectivity index (χ1) is 15.5. The fraction of sp³-hybridized carbons (Fsp3) is 0.379. The molecular formula is C29H35N3O. The Labute approximate surface area is 197 Å². The zero-order valence-electron chi connectivity index (χ0n) is 20.8. The molecule has 0 aliphatic heterocycles. The Bertz CT molecular complexity index is 1260. The van der Waals surface area contributed by atoms with Gasteiger partial charge in [-0.2, -0.15) is 0 Å². The van der Waals surface area contributed by atoms with Gasteiger partial charge in [-0.15, -0.1) is 15.0 Å². The molecule has 0 spiro atoms. The van der Waals surface area contributed by atoms with Crippen LogP contribution in [-0.2, 0) is 5.41 Å². The Balaban J connectivity index is 2.00. The number of phenolic OH excluding ortho intramolecular Hbond substituents is 1. The van der Waals surface area contributed by atoms with E-state index in [0.717, 1.165) is 28.6 Å². The van der Waals surface area contributed by atoms with E-state index in [4.69, 9.17) is 0 Å². The quantitative estimate of drug-likeness (QED) is 0.346. The average Bonchev–Trinajstić information content (AvgIpc) is 3.16. The van der Waals surface area contributed by atoms with Gasteiger partial charge in [-0.25, -0.2) is 0 Å². The van der Waals surface area contributed by atoms with Crippen molar-refractivity contribution in [3.63, 3.8) is 0 Å². The van der Waals surface area contributed by atoms with E-state index in [9.17, 15) is 5.11 Å². The Morgan fingerprint density at radius 1 is 0.818 bits per heavy atom. The standard InChI is InChI=1S/C29H35N3O/c1-19(2)21-12-8-9-13-22(21)23-16-20(29(6,7)18-28(3,4)5)17-26(27(23)33)32-30-24-14-10-11-15-25(24)31-32/h8-17,19,33H,18H2,1-7H3. The predicted octanol–water partition coefficient (Wildman–Crippen LogP) is 7.63. The van der Waals surface area contributed by atoms with Crippen molar-refractivity contribution in [2.45, 2.75) is 66.2 Å². The lowest BCUT2D eigenvalue weighted by atomic mass is 9.71. The van der Waals surface area contributed by atoms with Gasteiger partial charge < -0.3 is 5.11 Å². The van der Waals surface area contributed by atoms with Crippen LogP contribution in [0, 0.1) is 5.41 Å². The van der Waals surface area contributed by atoms with Gasteiger partial charge in [-0.1, -0.05) is 84.9 Å². The number of nitrogens with zero attached hydrogens (tertiary/aromatic N) is 3. The lowest BCUT2D eigenvalue weighted by Crippen LogP contribution is -2.25. The number of hydrogen-bond donors (Lipinski definition) is 1. The van der Waals surface area contributed by atoms with Crippen LogP contribution in [0.25, 0.3) is 27.8 Å². The van der Waals surface area contributed by atoms with Crippen LogP contribution < -0.4 is 0 Å². The maximum Gasteiger partial charge on any atom is 0.150 e. The van der Waals surface area contributed by atoms with E-state index in [0.29, 0.717) is 11.6 Å². The SMILES string of the molecule is CC(C)c1ccccc1-c1cc(C(C)(C)CC(C)(C)C)cc(-n2nc3ccccc3n2)c1O. The van der Waals surface area contributed by atoms with E-state index in [1.165, 1.54) is 11.1 Å². The second-order valence-corrected chi connectivity index (χ2v) is 11.2. The molecular weight excluding hydrogens is 406 g/mol. The molecule has 4 aromatic rings. The summed E-state index contributed by atoms with van der Waals surface area (Å²) in [4.78, 5) is 1.58. The Kier molecular flexibility index (Phi) is 5.81. The van der Waals surface area contributed by atoms with Gasteiger partial charge in [0.15, 0.2) is 5.75 Å². The molecule has 4 nitrogen and oxygen atoms in total. The van der Waals surface area contributed by atoms with E-state index in [1.54, 1.807) is 4.80 Å². The predicted molar refractivity (Wildman–Crippen MR) is 137 cm³/mol. The first kappa shape index (κ1) is 23.0. The molecule has 33 heavy (non-hydrogen) atoms. The molecule has 3 aromatic carbocycles. The van der Waals surface area contributed by atoms with Crippen LogP contribution in [-0.4, -0.2) is 20.1 Å². The molecule has 0 amide bonds. The maximum atomic E-state index is 11.5. The summed E-state index contributed by atoms with van der Waals surface area (Å²) in [6.07, 6.45) is 1.00. The number of rotatable bonds is 5. The molecule has 0 aliphatic rings. The molecule has 1 N–H and O–H groups in total. The summed E-state index contributed by atoms with van der Waals surface area (Å²) in [7, 11) is 0.